The number of hydrogen-bond donors (Lipinski definition) is 6. The van der Waals surface area contributed by atoms with Crippen LogP contribution in [-0.4, -0.2) is 83.7 Å². The van der Waals surface area contributed by atoms with E-state index in [-0.39, 0.29) is 48.6 Å². The average Bonchev–Trinajstić information content (AvgIpc) is 3.37. The molecule has 40 heavy (non-hydrogen) atoms. The van der Waals surface area contributed by atoms with Gasteiger partial charge in [0.1, 0.15) is 24.2 Å². The van der Waals surface area contributed by atoms with Crippen LogP contribution < -0.4 is 32.7 Å². The maximum absolute atomic E-state index is 13.7. The Labute approximate surface area is 238 Å². The number of guanidine groups is 1. The second kappa shape index (κ2) is 17.3. The molecule has 13 heteroatoms. The molecule has 1 fully saturated rings. The van der Waals surface area contributed by atoms with Crippen molar-refractivity contribution >= 4 is 35.5 Å². The standard InChI is InChI=1S/C27H50N8O5/c1-7-11-19(32-18(6)36)23(37)34-22(17(5)8-2)25(39)33-20(12-9-14-30-27(28)29)26(40)35-15-10-13-21(35)24(38)31-16(3)4/h16-17,19-22H,7-15H2,1-6H3,(H,31,38)(H,32,36)(H,33,39)(H,34,37)(H4,28,29,30)/t17-,19-,20-,21-,22-/m0/s1. The molecule has 228 valence electrons. The zero-order chi connectivity index (χ0) is 30.4. The van der Waals surface area contributed by atoms with Crippen molar-refractivity contribution in [3.05, 3.63) is 0 Å². The predicted octanol–water partition coefficient (Wildman–Crippen LogP) is -0.124. The smallest absolute Gasteiger partial charge is 0.245 e. The minimum atomic E-state index is -0.945. The maximum atomic E-state index is 13.7. The third-order valence-corrected chi connectivity index (χ3v) is 6.89. The van der Waals surface area contributed by atoms with Crippen molar-refractivity contribution in [2.45, 2.75) is 117 Å². The summed E-state index contributed by atoms with van der Waals surface area (Å²) in [4.78, 5) is 70.2. The Morgan fingerprint density at radius 1 is 0.925 bits per heavy atom. The van der Waals surface area contributed by atoms with E-state index in [0.717, 1.165) is 0 Å². The Kier molecular flexibility index (Phi) is 15.0. The van der Waals surface area contributed by atoms with E-state index in [9.17, 15) is 24.0 Å². The van der Waals surface area contributed by atoms with Gasteiger partial charge in [0.05, 0.1) is 0 Å². The number of hydrogen-bond acceptors (Lipinski definition) is 6. The van der Waals surface area contributed by atoms with E-state index in [0.29, 0.717) is 45.1 Å². The second-order valence-electron chi connectivity index (χ2n) is 10.8. The van der Waals surface area contributed by atoms with Gasteiger partial charge in [-0.15, -0.1) is 0 Å². The number of amides is 5. The van der Waals surface area contributed by atoms with Gasteiger partial charge in [0.15, 0.2) is 5.96 Å². The Morgan fingerprint density at radius 3 is 2.15 bits per heavy atom. The fraction of sp³-hybridized carbons (Fsp3) is 0.778. The summed E-state index contributed by atoms with van der Waals surface area (Å²) < 4.78 is 0. The third kappa shape index (κ3) is 11.4. The molecule has 0 aliphatic carbocycles. The summed E-state index contributed by atoms with van der Waals surface area (Å²) in [6.07, 6.45) is 3.52. The van der Waals surface area contributed by atoms with Crippen molar-refractivity contribution in [1.82, 2.24) is 26.2 Å². The van der Waals surface area contributed by atoms with Gasteiger partial charge in [0.2, 0.25) is 29.5 Å². The molecule has 1 aliphatic heterocycles. The molecule has 0 saturated carbocycles. The molecule has 1 aliphatic rings. The molecule has 0 aromatic rings. The third-order valence-electron chi connectivity index (χ3n) is 6.89. The number of aliphatic imine (C=N–C) groups is 1. The molecule has 0 unspecified atom stereocenters. The van der Waals surface area contributed by atoms with Crippen LogP contribution in [0.2, 0.25) is 0 Å². The van der Waals surface area contributed by atoms with Crippen LogP contribution in [0.15, 0.2) is 4.99 Å². The van der Waals surface area contributed by atoms with Crippen LogP contribution in [-0.2, 0) is 24.0 Å². The lowest BCUT2D eigenvalue weighted by Crippen LogP contribution is -2.59. The monoisotopic (exact) mass is 566 g/mol. The molecular weight excluding hydrogens is 516 g/mol. The van der Waals surface area contributed by atoms with E-state index in [1.54, 1.807) is 0 Å². The van der Waals surface area contributed by atoms with Crippen LogP contribution in [0.1, 0.15) is 86.5 Å². The number of likely N-dealkylation sites (tertiary alicyclic amines) is 1. The number of nitrogens with two attached hydrogens (primary N) is 2. The molecule has 1 saturated heterocycles. The molecule has 0 aromatic heterocycles. The summed E-state index contributed by atoms with van der Waals surface area (Å²) in [5.41, 5.74) is 10.8. The summed E-state index contributed by atoms with van der Waals surface area (Å²) in [6, 6.07) is -3.35. The van der Waals surface area contributed by atoms with Gasteiger partial charge >= 0.3 is 0 Å². The van der Waals surface area contributed by atoms with Gasteiger partial charge in [0, 0.05) is 26.1 Å². The Bertz CT molecular complexity index is 905. The SMILES string of the molecule is CCC[C@H](NC(C)=O)C(=O)N[C@H](C(=O)N[C@@H](CCCN=C(N)N)C(=O)N1CCC[C@H]1C(=O)NC(C)C)[C@@H](C)CC. The lowest BCUT2D eigenvalue weighted by atomic mass is 9.96. The van der Waals surface area contributed by atoms with Gasteiger partial charge in [-0.1, -0.05) is 33.6 Å². The van der Waals surface area contributed by atoms with Crippen LogP contribution in [0.3, 0.4) is 0 Å². The molecule has 13 nitrogen and oxygen atoms in total. The van der Waals surface area contributed by atoms with Crippen molar-refractivity contribution in [2.75, 3.05) is 13.1 Å². The lowest BCUT2D eigenvalue weighted by Gasteiger charge is -2.31. The summed E-state index contributed by atoms with van der Waals surface area (Å²) in [5, 5.41) is 11.1. The van der Waals surface area contributed by atoms with Crippen LogP contribution >= 0.6 is 0 Å². The largest absolute Gasteiger partial charge is 0.370 e. The Balaban J connectivity index is 3.18. The second-order valence-corrected chi connectivity index (χ2v) is 10.8. The fourth-order valence-corrected chi connectivity index (χ4v) is 4.67. The first kappa shape index (κ1) is 34.6. The summed E-state index contributed by atoms with van der Waals surface area (Å²) in [5.74, 6) is -2.23. The number of nitrogens with one attached hydrogen (secondary N) is 4. The van der Waals surface area contributed by atoms with Crippen molar-refractivity contribution in [2.24, 2.45) is 22.4 Å². The normalized spacial score (nSPS) is 17.8. The molecular formula is C27H50N8O5. The molecule has 8 N–H and O–H groups in total. The van der Waals surface area contributed by atoms with Crippen LogP contribution in [0.25, 0.3) is 0 Å². The molecule has 0 spiro atoms. The number of nitrogens with zero attached hydrogens (tertiary/aromatic N) is 2. The van der Waals surface area contributed by atoms with Crippen LogP contribution in [0.5, 0.6) is 0 Å². The van der Waals surface area contributed by atoms with Crippen LogP contribution in [0, 0.1) is 5.92 Å². The molecule has 1 rings (SSSR count). The van der Waals surface area contributed by atoms with Crippen LogP contribution in [0.4, 0.5) is 0 Å². The zero-order valence-electron chi connectivity index (χ0n) is 24.9. The van der Waals surface area contributed by atoms with E-state index in [4.69, 9.17) is 11.5 Å². The van der Waals surface area contributed by atoms with Gasteiger partial charge in [-0.25, -0.2) is 0 Å². The molecule has 1 heterocycles. The number of carbonyl (C=O) groups excluding carboxylic acids is 5. The topological polar surface area (TPSA) is 201 Å². The quantitative estimate of drug-likeness (QED) is 0.0848. The maximum Gasteiger partial charge on any atom is 0.245 e. The predicted molar refractivity (Wildman–Crippen MR) is 154 cm³/mol. The van der Waals surface area contributed by atoms with E-state index in [1.165, 1.54) is 11.8 Å². The van der Waals surface area contributed by atoms with Crippen molar-refractivity contribution in [1.29, 1.82) is 0 Å². The lowest BCUT2D eigenvalue weighted by molar-refractivity contribution is -0.142. The molecule has 0 radical (unpaired) electrons. The van der Waals surface area contributed by atoms with E-state index in [1.807, 2.05) is 34.6 Å². The Morgan fingerprint density at radius 2 is 1.60 bits per heavy atom. The first-order valence-corrected chi connectivity index (χ1v) is 14.4. The minimum absolute atomic E-state index is 0.0720. The number of rotatable bonds is 16. The summed E-state index contributed by atoms with van der Waals surface area (Å²) in [6.45, 7) is 11.3. The minimum Gasteiger partial charge on any atom is -0.370 e. The first-order valence-electron chi connectivity index (χ1n) is 14.4. The highest BCUT2D eigenvalue weighted by molar-refractivity contribution is 5.95. The van der Waals surface area contributed by atoms with Crippen molar-refractivity contribution in [3.63, 3.8) is 0 Å². The summed E-state index contributed by atoms with van der Waals surface area (Å²) >= 11 is 0. The van der Waals surface area contributed by atoms with Crippen molar-refractivity contribution < 1.29 is 24.0 Å². The molecule has 0 bridgehead atoms. The van der Waals surface area contributed by atoms with Gasteiger partial charge in [0.25, 0.3) is 0 Å². The van der Waals surface area contributed by atoms with E-state index >= 15 is 0 Å². The van der Waals surface area contributed by atoms with E-state index in [2.05, 4.69) is 26.3 Å². The highest BCUT2D eigenvalue weighted by atomic mass is 16.2. The fourth-order valence-electron chi connectivity index (χ4n) is 4.67. The molecule has 0 aromatic carbocycles. The first-order chi connectivity index (χ1) is 18.8. The zero-order valence-corrected chi connectivity index (χ0v) is 24.9. The van der Waals surface area contributed by atoms with Crippen molar-refractivity contribution in [3.8, 4) is 0 Å². The molecule has 5 atom stereocenters. The highest BCUT2D eigenvalue weighted by Crippen LogP contribution is 2.20. The average molecular weight is 567 g/mol. The van der Waals surface area contributed by atoms with Gasteiger partial charge in [-0.05, 0) is 51.9 Å². The van der Waals surface area contributed by atoms with Gasteiger partial charge in [-0.3, -0.25) is 29.0 Å². The Hall–Kier alpha value is -3.38. The van der Waals surface area contributed by atoms with Gasteiger partial charge in [-0.2, -0.15) is 0 Å². The van der Waals surface area contributed by atoms with E-state index < -0.39 is 36.0 Å². The molecule has 5 amide bonds. The summed E-state index contributed by atoms with van der Waals surface area (Å²) in [7, 11) is 0. The van der Waals surface area contributed by atoms with Gasteiger partial charge < -0.3 is 37.6 Å². The highest BCUT2D eigenvalue weighted by Gasteiger charge is 2.39. The number of carbonyl (C=O) groups is 5.